The number of aryl methyl sites for hydroxylation is 2. The van der Waals surface area contributed by atoms with Crippen LogP contribution in [-0.4, -0.2) is 121 Å². The number of carboxylic acid groups (broad SMARTS) is 1. The Morgan fingerprint density at radius 3 is 2.35 bits per heavy atom. The smallest absolute Gasteiger partial charge is 0.339 e. The molecule has 2 atom stereocenters. The fourth-order valence-corrected chi connectivity index (χ4v) is 9.75. The number of ether oxygens (including phenoxy) is 3. The standard InChI is InChI=1S/C15H15ClFN3O3S2.C15H22ClNO2.C11H13Cl2NO3.C3H8NO5P/c1-23-13(21)8-24-12-7-11(10(17)6-9(12)16)18-14-19-4-2-3-5-20(19)15(22)25-14;1-5-13-8-6-7-11(2)15(13)17(14(18)9-16)12(3)10-19-4;1-11(2)14(10(15)9(12)13)6-8(17-11)7-4-3-5-16-7;5-3(6)1-4-2-10(7,8)9/h6-7H,2-5,8H2,1H3;6-8,12H,5,9-10H2,1-4H3;3-5,8-9H,6H2,1-2H3;4H,1-2H2,(H,5,6)(H2,7,8,9). The lowest BCUT2D eigenvalue weighted by molar-refractivity contribution is -0.144. The molecule has 0 radical (unpaired) electrons. The SMILES string of the molecule is CC1(C)OC(c2ccco2)CN1C(=O)C(Cl)Cl.CCc1cccc(C)c1N(C(=O)CCl)C(C)COC.COC(=O)CSc1cc(N=c2sc(=O)n3n2CCCC3)c(F)cc1Cl.O=C(O)CNCP(=O)(O)O. The molecule has 4 aromatic rings. The summed E-state index contributed by atoms with van der Waals surface area (Å²) in [5.74, 6) is -1.84. The van der Waals surface area contributed by atoms with Crippen LogP contribution < -0.4 is 19.9 Å². The molecule has 2 amide bonds. The second-order valence-electron chi connectivity index (χ2n) is 15.9. The lowest BCUT2D eigenvalue weighted by Crippen LogP contribution is -2.45. The van der Waals surface area contributed by atoms with Crippen LogP contribution in [0.15, 0.2) is 67.8 Å². The Morgan fingerprint density at radius 1 is 1.11 bits per heavy atom. The molecule has 6 rings (SSSR count). The number of carboxylic acids is 1. The zero-order chi connectivity index (χ0) is 53.2. The summed E-state index contributed by atoms with van der Waals surface area (Å²) >= 11 is 25.1. The van der Waals surface area contributed by atoms with Crippen molar-refractivity contribution in [3.05, 3.63) is 90.9 Å². The summed E-state index contributed by atoms with van der Waals surface area (Å²) in [7, 11) is -1.16. The second-order valence-corrected chi connectivity index (χ2v) is 21.3. The van der Waals surface area contributed by atoms with Crippen LogP contribution in [-0.2, 0) is 57.5 Å². The minimum Gasteiger partial charge on any atom is -0.480 e. The predicted octanol–water partition coefficient (Wildman–Crippen LogP) is 7.47. The molecule has 4 N–H and O–H groups in total. The molecule has 394 valence electrons. The molecule has 2 unspecified atom stereocenters. The van der Waals surface area contributed by atoms with Gasteiger partial charge in [-0.15, -0.1) is 23.4 Å². The van der Waals surface area contributed by atoms with E-state index in [1.165, 1.54) is 18.1 Å². The van der Waals surface area contributed by atoms with Crippen LogP contribution in [0.4, 0.5) is 15.8 Å². The van der Waals surface area contributed by atoms with E-state index in [2.05, 4.69) is 28.0 Å². The number of anilines is 1. The third kappa shape index (κ3) is 18.9. The number of esters is 1. The van der Waals surface area contributed by atoms with Gasteiger partial charge in [0.15, 0.2) is 4.84 Å². The molecule has 0 aliphatic carbocycles. The third-order valence-corrected chi connectivity index (χ3v) is 13.8. The topological polar surface area (TPSA) is 245 Å². The number of nitrogens with zero attached hydrogens (tertiary/aromatic N) is 5. The summed E-state index contributed by atoms with van der Waals surface area (Å²) in [4.78, 5) is 80.9. The number of carbonyl (C=O) groups is 4. The molecule has 27 heteroatoms. The summed E-state index contributed by atoms with van der Waals surface area (Å²) in [6.45, 7) is 11.4. The number of methoxy groups -OCH3 is 2. The zero-order valence-electron chi connectivity index (χ0n) is 39.9. The van der Waals surface area contributed by atoms with Crippen molar-refractivity contribution in [2.24, 2.45) is 4.99 Å². The van der Waals surface area contributed by atoms with Crippen molar-refractivity contribution in [3.63, 3.8) is 0 Å². The van der Waals surface area contributed by atoms with Gasteiger partial charge in [-0.1, -0.05) is 59.9 Å². The van der Waals surface area contributed by atoms with E-state index in [9.17, 15) is 32.9 Å². The molecule has 71 heavy (non-hydrogen) atoms. The van der Waals surface area contributed by atoms with E-state index >= 15 is 0 Å². The van der Waals surface area contributed by atoms with Gasteiger partial charge >= 0.3 is 24.4 Å². The van der Waals surface area contributed by atoms with Crippen molar-refractivity contribution in [3.8, 4) is 0 Å². The van der Waals surface area contributed by atoms with E-state index in [4.69, 9.17) is 75.2 Å². The first-order valence-corrected chi connectivity index (χ1v) is 27.0. The van der Waals surface area contributed by atoms with E-state index in [0.29, 0.717) is 41.7 Å². The quantitative estimate of drug-likeness (QED) is 0.0368. The van der Waals surface area contributed by atoms with E-state index in [0.717, 1.165) is 65.2 Å². The second kappa shape index (κ2) is 29.2. The van der Waals surface area contributed by atoms with Crippen LogP contribution in [0.3, 0.4) is 0 Å². The Morgan fingerprint density at radius 2 is 1.79 bits per heavy atom. The number of aromatic nitrogens is 2. The average molecular weight is 1130 g/mol. The number of fused-ring (bicyclic) bond motifs is 1. The Hall–Kier alpha value is -3.77. The first-order chi connectivity index (χ1) is 33.4. The predicted molar refractivity (Wildman–Crippen MR) is 272 cm³/mol. The molecule has 0 saturated carbocycles. The summed E-state index contributed by atoms with van der Waals surface area (Å²) < 4.78 is 48.5. The highest BCUT2D eigenvalue weighted by Crippen LogP contribution is 2.37. The van der Waals surface area contributed by atoms with E-state index in [-0.39, 0.29) is 51.2 Å². The number of aliphatic carboxylic acids is 1. The van der Waals surface area contributed by atoms with Crippen molar-refractivity contribution in [1.29, 1.82) is 0 Å². The number of amides is 2. The first kappa shape index (κ1) is 61.5. The van der Waals surface area contributed by atoms with E-state index < -0.39 is 48.7 Å². The van der Waals surface area contributed by atoms with Crippen LogP contribution in [0.5, 0.6) is 0 Å². The Balaban J connectivity index is 0.000000262. The lowest BCUT2D eigenvalue weighted by atomic mass is 10.0. The summed E-state index contributed by atoms with van der Waals surface area (Å²) in [5, 5.41) is 10.3. The van der Waals surface area contributed by atoms with Crippen molar-refractivity contribution < 1.29 is 61.7 Å². The number of benzene rings is 2. The minimum atomic E-state index is -4.10. The number of alkyl halides is 3. The van der Waals surface area contributed by atoms with Gasteiger partial charge in [0.2, 0.25) is 10.7 Å². The number of hydrogen-bond acceptors (Lipinski definition) is 14. The average Bonchev–Trinajstić information content (AvgIpc) is 4.04. The van der Waals surface area contributed by atoms with Crippen LogP contribution in [0.2, 0.25) is 5.02 Å². The van der Waals surface area contributed by atoms with Gasteiger partial charge in [0, 0.05) is 25.1 Å². The molecule has 2 aromatic heterocycles. The molecule has 2 aliphatic rings. The number of halogens is 5. The maximum absolute atomic E-state index is 14.3. The van der Waals surface area contributed by atoms with E-state index in [1.807, 2.05) is 32.0 Å². The highest BCUT2D eigenvalue weighted by atomic mass is 35.5. The Kier molecular flexibility index (Phi) is 25.3. The number of thioether (sulfide) groups is 1. The minimum absolute atomic E-state index is 0.0223. The van der Waals surface area contributed by atoms with Gasteiger partial charge in [0.25, 0.3) is 5.91 Å². The van der Waals surface area contributed by atoms with Gasteiger partial charge in [-0.05, 0) is 93.7 Å². The molecule has 19 nitrogen and oxygen atoms in total. The van der Waals surface area contributed by atoms with E-state index in [1.54, 1.807) is 47.6 Å². The monoisotopic (exact) mass is 1130 g/mol. The number of furan rings is 1. The first-order valence-electron chi connectivity index (χ1n) is 21.7. The van der Waals surface area contributed by atoms with Gasteiger partial charge in [-0.25, -0.2) is 14.1 Å². The maximum atomic E-state index is 14.3. The fraction of sp³-hybridized carbons (Fsp3) is 0.500. The number of para-hydroxylation sites is 1. The molecule has 0 spiro atoms. The lowest BCUT2D eigenvalue weighted by Gasteiger charge is -2.31. The Bertz CT molecular complexity index is 2590. The number of rotatable bonds is 16. The highest BCUT2D eigenvalue weighted by Gasteiger charge is 2.45. The molecule has 1 saturated heterocycles. The molecular weight excluding hydrogens is 1080 g/mol. The number of carbonyl (C=O) groups excluding carboxylic acids is 3. The van der Waals surface area contributed by atoms with Gasteiger partial charge in [0.05, 0.1) is 61.9 Å². The van der Waals surface area contributed by atoms with Crippen molar-refractivity contribution in [2.75, 3.05) is 56.7 Å². The number of hydrogen-bond donors (Lipinski definition) is 4. The summed E-state index contributed by atoms with van der Waals surface area (Å²) in [6, 6.07) is 12.3. The van der Waals surface area contributed by atoms with Crippen LogP contribution in [0, 0.1) is 12.7 Å². The van der Waals surface area contributed by atoms with Crippen LogP contribution in [0.25, 0.3) is 0 Å². The van der Waals surface area contributed by atoms with Gasteiger partial charge in [-0.2, -0.15) is 0 Å². The van der Waals surface area contributed by atoms with Gasteiger partial charge in [-0.3, -0.25) is 38.5 Å². The Labute approximate surface area is 438 Å². The summed E-state index contributed by atoms with van der Waals surface area (Å²) in [6.07, 6.45) is 3.47. The summed E-state index contributed by atoms with van der Waals surface area (Å²) in [5.41, 5.74) is 2.55. The van der Waals surface area contributed by atoms with Gasteiger partial charge < -0.3 is 43.3 Å². The normalized spacial score (nSPS) is 15.6. The van der Waals surface area contributed by atoms with Crippen molar-refractivity contribution >= 4 is 112 Å². The molecular formula is C44H58Cl4FN6O13PS2. The van der Waals surface area contributed by atoms with Crippen LogP contribution >= 0.6 is 77.1 Å². The largest absolute Gasteiger partial charge is 0.480 e. The molecule has 2 aliphatic heterocycles. The van der Waals surface area contributed by atoms with Crippen LogP contribution in [0.1, 0.15) is 63.5 Å². The maximum Gasteiger partial charge on any atom is 0.339 e. The molecule has 2 aromatic carbocycles. The number of nitrogens with one attached hydrogen (secondary N) is 1. The van der Waals surface area contributed by atoms with Crippen molar-refractivity contribution in [2.45, 2.75) is 94.6 Å². The molecule has 4 heterocycles. The molecule has 1 fully saturated rings. The third-order valence-electron chi connectivity index (χ3n) is 10.2. The molecule has 0 bridgehead atoms. The van der Waals surface area contributed by atoms with Gasteiger partial charge in [0.1, 0.15) is 35.0 Å². The van der Waals surface area contributed by atoms with Crippen molar-refractivity contribution in [1.82, 2.24) is 19.6 Å². The fourth-order valence-electron chi connectivity index (χ4n) is 6.99. The highest BCUT2D eigenvalue weighted by molar-refractivity contribution is 8.00. The zero-order valence-corrected chi connectivity index (χ0v) is 45.5.